The van der Waals surface area contributed by atoms with Crippen LogP contribution in [0.15, 0.2) is 42.6 Å². The van der Waals surface area contributed by atoms with Gasteiger partial charge in [0, 0.05) is 37.0 Å². The van der Waals surface area contributed by atoms with E-state index in [2.05, 4.69) is 4.98 Å². The Bertz CT molecular complexity index is 981. The normalized spacial score (nSPS) is 19.0. The van der Waals surface area contributed by atoms with Crippen molar-refractivity contribution in [2.45, 2.75) is 23.4 Å². The monoisotopic (exact) mass is 476 g/mol. The zero-order valence-corrected chi connectivity index (χ0v) is 17.1. The number of aliphatic carboxylic acids is 1. The van der Waals surface area contributed by atoms with E-state index < -0.39 is 18.0 Å². The van der Waals surface area contributed by atoms with Crippen LogP contribution in [0.2, 0.25) is 0 Å². The molecule has 1 N–H and O–H groups in total. The number of amides is 1. The fourth-order valence-electron chi connectivity index (χ4n) is 3.28. The Morgan fingerprint density at radius 1 is 1.16 bits per heavy atom. The average molecular weight is 476 g/mol. The summed E-state index contributed by atoms with van der Waals surface area (Å²) in [6.45, 7) is 1.25. The van der Waals surface area contributed by atoms with E-state index in [1.807, 2.05) is 0 Å². The number of benzene rings is 1. The third-order valence-corrected chi connectivity index (χ3v) is 6.33. The first kappa shape index (κ1) is 23.8. The molecule has 1 aromatic heterocycles. The molecule has 0 bridgehead atoms. The van der Waals surface area contributed by atoms with Crippen LogP contribution < -0.4 is 4.74 Å². The highest BCUT2D eigenvalue weighted by atomic mass is 32.2. The van der Waals surface area contributed by atoms with E-state index in [1.165, 1.54) is 42.6 Å². The molecule has 3 heterocycles. The lowest BCUT2D eigenvalue weighted by molar-refractivity contribution is -0.192. The number of thioether (sulfide) groups is 1. The molecule has 0 radical (unpaired) electrons. The number of aromatic nitrogens is 1. The highest BCUT2D eigenvalue weighted by molar-refractivity contribution is 8.01. The summed E-state index contributed by atoms with van der Waals surface area (Å²) in [5.74, 6) is -2.89. The fourth-order valence-corrected chi connectivity index (χ4v) is 4.81. The summed E-state index contributed by atoms with van der Waals surface area (Å²) in [6, 6.07) is 8.43. The second-order valence-electron chi connectivity index (χ2n) is 7.20. The minimum Gasteiger partial charge on any atom is -0.475 e. The summed E-state index contributed by atoms with van der Waals surface area (Å²) in [5.41, 5.74) is 0.489. The molecule has 2 aliphatic heterocycles. The highest BCUT2D eigenvalue weighted by Crippen LogP contribution is 2.46. The molecule has 2 aliphatic rings. The smallest absolute Gasteiger partial charge is 0.475 e. The maximum Gasteiger partial charge on any atom is 0.490 e. The number of ether oxygens (including phenoxy) is 1. The lowest BCUT2D eigenvalue weighted by Gasteiger charge is -2.47. The van der Waals surface area contributed by atoms with Crippen LogP contribution in [0.1, 0.15) is 16.8 Å². The fraction of sp³-hybridized carbons (Fsp3) is 0.350. The Labute approximate surface area is 183 Å². The molecule has 6 nitrogen and oxygen atoms in total. The second-order valence-corrected chi connectivity index (χ2v) is 8.69. The van der Waals surface area contributed by atoms with Crippen molar-refractivity contribution in [1.29, 1.82) is 0 Å². The highest BCUT2D eigenvalue weighted by Gasteiger charge is 2.51. The molecule has 0 saturated carbocycles. The summed E-state index contributed by atoms with van der Waals surface area (Å²) in [5, 5.41) is 7.12. The van der Waals surface area contributed by atoms with Crippen molar-refractivity contribution in [3.63, 3.8) is 0 Å². The Hall–Kier alpha value is -2.89. The summed E-state index contributed by atoms with van der Waals surface area (Å²) in [6.07, 6.45) is -2.94. The molecule has 12 heteroatoms. The third-order valence-electron chi connectivity index (χ3n) is 4.76. The number of carbonyl (C=O) groups is 2. The molecular weight excluding hydrogens is 459 g/mol. The van der Waals surface area contributed by atoms with Gasteiger partial charge in [-0.2, -0.15) is 13.2 Å². The molecule has 2 fully saturated rings. The van der Waals surface area contributed by atoms with Gasteiger partial charge in [0.25, 0.3) is 11.8 Å². The minimum atomic E-state index is -5.08. The first-order valence-corrected chi connectivity index (χ1v) is 10.2. The molecule has 1 unspecified atom stereocenters. The predicted molar refractivity (Wildman–Crippen MR) is 104 cm³/mol. The molecule has 32 heavy (non-hydrogen) atoms. The zero-order chi connectivity index (χ0) is 23.5. The van der Waals surface area contributed by atoms with E-state index >= 15 is 0 Å². The van der Waals surface area contributed by atoms with Crippen LogP contribution in [-0.4, -0.2) is 62.7 Å². The number of rotatable bonds is 3. The van der Waals surface area contributed by atoms with Gasteiger partial charge in [-0.3, -0.25) is 4.79 Å². The van der Waals surface area contributed by atoms with E-state index in [0.29, 0.717) is 18.7 Å². The first-order valence-electron chi connectivity index (χ1n) is 9.25. The van der Waals surface area contributed by atoms with Crippen LogP contribution >= 0.6 is 11.8 Å². The number of carboxylic acid groups (broad SMARTS) is 1. The zero-order valence-electron chi connectivity index (χ0n) is 16.3. The van der Waals surface area contributed by atoms with Crippen LogP contribution in [0.25, 0.3) is 0 Å². The molecule has 4 rings (SSSR count). The van der Waals surface area contributed by atoms with Crippen molar-refractivity contribution in [3.8, 4) is 5.88 Å². The van der Waals surface area contributed by atoms with Crippen LogP contribution in [0.5, 0.6) is 5.88 Å². The standard InChI is InChI=1S/C18H16F2N2O2S.C2HF3O2/c19-13-5-3-12(4-6-13)17(23)22-10-18(11-22)8-14(9-25-18)24-16-15(20)2-1-7-21-16;3-2(4,5)1(6)7/h1-7,14H,8-11H2;(H,6,7). The van der Waals surface area contributed by atoms with Crippen LogP contribution in [0.4, 0.5) is 22.0 Å². The van der Waals surface area contributed by atoms with Crippen molar-refractivity contribution in [2.24, 2.45) is 0 Å². The number of likely N-dealkylation sites (tertiary alicyclic amines) is 1. The number of hydrogen-bond acceptors (Lipinski definition) is 5. The Morgan fingerprint density at radius 2 is 1.78 bits per heavy atom. The van der Waals surface area contributed by atoms with Crippen molar-refractivity contribution >= 4 is 23.6 Å². The maximum atomic E-state index is 13.6. The van der Waals surface area contributed by atoms with Gasteiger partial charge in [-0.05, 0) is 36.4 Å². The Kier molecular flexibility index (Phi) is 6.91. The number of carboxylic acids is 1. The molecule has 2 aromatic rings. The van der Waals surface area contributed by atoms with E-state index in [-0.39, 0.29) is 28.5 Å². The van der Waals surface area contributed by atoms with Gasteiger partial charge in [-0.1, -0.05) is 0 Å². The summed E-state index contributed by atoms with van der Waals surface area (Å²) in [4.78, 5) is 27.0. The number of hydrogen-bond donors (Lipinski definition) is 1. The van der Waals surface area contributed by atoms with E-state index in [9.17, 15) is 26.7 Å². The first-order chi connectivity index (χ1) is 15.0. The predicted octanol–water partition coefficient (Wildman–Crippen LogP) is 3.77. The van der Waals surface area contributed by atoms with Crippen LogP contribution in [0.3, 0.4) is 0 Å². The molecule has 1 aromatic carbocycles. The van der Waals surface area contributed by atoms with Gasteiger partial charge in [-0.25, -0.2) is 18.6 Å². The van der Waals surface area contributed by atoms with Crippen molar-refractivity contribution in [1.82, 2.24) is 9.88 Å². The lowest BCUT2D eigenvalue weighted by Crippen LogP contribution is -2.60. The largest absolute Gasteiger partial charge is 0.490 e. The molecule has 172 valence electrons. The summed E-state index contributed by atoms with van der Waals surface area (Å²) >= 11 is 1.75. The molecule has 1 amide bonds. The SMILES string of the molecule is O=C(O)C(F)(F)F.O=C(c1ccc(F)cc1)N1CC2(CC(Oc3ncccc3F)CS2)C1. The number of nitrogens with zero attached hydrogens (tertiary/aromatic N) is 2. The maximum absolute atomic E-state index is 13.6. The van der Waals surface area contributed by atoms with E-state index in [1.54, 1.807) is 16.7 Å². The molecule has 2 saturated heterocycles. The van der Waals surface area contributed by atoms with Crippen LogP contribution in [0, 0.1) is 11.6 Å². The molecule has 1 atom stereocenters. The van der Waals surface area contributed by atoms with E-state index in [4.69, 9.17) is 14.6 Å². The minimum absolute atomic E-state index is 0.0312. The van der Waals surface area contributed by atoms with Gasteiger partial charge in [0.15, 0.2) is 5.82 Å². The molecular formula is C20H17F5N2O4S. The Balaban J connectivity index is 0.000000360. The van der Waals surface area contributed by atoms with Gasteiger partial charge < -0.3 is 14.7 Å². The quantitative estimate of drug-likeness (QED) is 0.680. The lowest BCUT2D eigenvalue weighted by atomic mass is 9.92. The topological polar surface area (TPSA) is 79.7 Å². The van der Waals surface area contributed by atoms with Gasteiger partial charge in [0.05, 0.1) is 4.75 Å². The molecule has 1 spiro atoms. The number of carbonyl (C=O) groups excluding carboxylic acids is 1. The number of halogens is 5. The van der Waals surface area contributed by atoms with E-state index in [0.717, 1.165) is 12.2 Å². The van der Waals surface area contributed by atoms with Gasteiger partial charge in [-0.15, -0.1) is 11.8 Å². The third kappa shape index (κ3) is 5.67. The van der Waals surface area contributed by atoms with Gasteiger partial charge in [0.1, 0.15) is 11.9 Å². The number of pyridine rings is 1. The van der Waals surface area contributed by atoms with Gasteiger partial charge >= 0.3 is 12.1 Å². The van der Waals surface area contributed by atoms with Crippen molar-refractivity contribution < 1.29 is 41.4 Å². The summed E-state index contributed by atoms with van der Waals surface area (Å²) in [7, 11) is 0. The molecule has 0 aliphatic carbocycles. The summed E-state index contributed by atoms with van der Waals surface area (Å²) < 4.78 is 64.0. The second kappa shape index (κ2) is 9.31. The average Bonchev–Trinajstić information content (AvgIpc) is 3.13. The number of alkyl halides is 3. The Morgan fingerprint density at radius 3 is 2.34 bits per heavy atom. The van der Waals surface area contributed by atoms with Crippen molar-refractivity contribution in [2.75, 3.05) is 18.8 Å². The van der Waals surface area contributed by atoms with Crippen LogP contribution in [-0.2, 0) is 4.79 Å². The van der Waals surface area contributed by atoms with Crippen molar-refractivity contribution in [3.05, 3.63) is 59.8 Å². The van der Waals surface area contributed by atoms with Gasteiger partial charge in [0.2, 0.25) is 0 Å².